The Bertz CT molecular complexity index is 372. The van der Waals surface area contributed by atoms with Crippen LogP contribution >= 0.6 is 0 Å². The second-order valence-electron chi connectivity index (χ2n) is 2.38. The molecule has 1 heterocycles. The molecule has 2 aromatic rings. The molecule has 0 fully saturated rings. The van der Waals surface area contributed by atoms with Gasteiger partial charge in [0.15, 0.2) is 6.26 Å². The minimum absolute atomic E-state index is 0. The molecule has 0 atom stereocenters. The molecule has 2 rings (SSSR count). The van der Waals surface area contributed by atoms with E-state index < -0.39 is 0 Å². The number of benzene rings is 1. The van der Waals surface area contributed by atoms with E-state index in [2.05, 4.69) is 4.98 Å². The normalized spacial score (nSPS) is 9.23. The van der Waals surface area contributed by atoms with E-state index in [1.165, 1.54) is 6.26 Å². The molecule has 13 heavy (non-hydrogen) atoms. The van der Waals surface area contributed by atoms with Crippen molar-refractivity contribution in [3.63, 3.8) is 0 Å². The molecule has 0 aliphatic heterocycles. The SMILES string of the molecule is Oc1coc(-c2ccccc2)n1.[Zn]. The molecule has 3 nitrogen and oxygen atoms in total. The van der Waals surface area contributed by atoms with E-state index in [0.29, 0.717) is 5.89 Å². The number of rotatable bonds is 1. The van der Waals surface area contributed by atoms with Crippen molar-refractivity contribution in [3.05, 3.63) is 36.6 Å². The van der Waals surface area contributed by atoms with Crippen LogP contribution in [-0.4, -0.2) is 10.1 Å². The van der Waals surface area contributed by atoms with Crippen LogP contribution in [0, 0.1) is 0 Å². The van der Waals surface area contributed by atoms with Crippen molar-refractivity contribution in [2.45, 2.75) is 0 Å². The van der Waals surface area contributed by atoms with Gasteiger partial charge in [0.05, 0.1) is 0 Å². The molecule has 0 aliphatic rings. The van der Waals surface area contributed by atoms with Crippen LogP contribution < -0.4 is 0 Å². The first-order valence-electron chi connectivity index (χ1n) is 3.56. The minimum atomic E-state index is -0.0890. The predicted octanol–water partition coefficient (Wildman–Crippen LogP) is 2.04. The molecule has 1 N–H and O–H groups in total. The van der Waals surface area contributed by atoms with Crippen LogP contribution in [0.15, 0.2) is 41.0 Å². The molecular formula is C9H7NO2Zn. The molecular weight excluding hydrogens is 219 g/mol. The van der Waals surface area contributed by atoms with Crippen LogP contribution in [0.3, 0.4) is 0 Å². The quantitative estimate of drug-likeness (QED) is 0.757. The van der Waals surface area contributed by atoms with Gasteiger partial charge in [-0.2, -0.15) is 4.98 Å². The van der Waals surface area contributed by atoms with E-state index in [-0.39, 0.29) is 25.4 Å². The van der Waals surface area contributed by atoms with Gasteiger partial charge in [-0.3, -0.25) is 0 Å². The molecule has 0 spiro atoms. The Hall–Kier alpha value is -1.15. The maximum atomic E-state index is 8.91. The molecule has 0 radical (unpaired) electrons. The van der Waals surface area contributed by atoms with Crippen LogP contribution in [0.5, 0.6) is 5.88 Å². The third-order valence-corrected chi connectivity index (χ3v) is 1.51. The number of nitrogens with zero attached hydrogens (tertiary/aromatic N) is 1. The summed E-state index contributed by atoms with van der Waals surface area (Å²) in [6, 6.07) is 9.41. The van der Waals surface area contributed by atoms with Crippen LogP contribution in [0.2, 0.25) is 0 Å². The Morgan fingerprint density at radius 2 is 1.85 bits per heavy atom. The van der Waals surface area contributed by atoms with Crippen molar-refractivity contribution in [2.24, 2.45) is 0 Å². The maximum absolute atomic E-state index is 8.91. The number of aromatic hydroxyl groups is 1. The first kappa shape index (κ1) is 9.94. The van der Waals surface area contributed by atoms with Gasteiger partial charge in [-0.05, 0) is 12.1 Å². The van der Waals surface area contributed by atoms with Gasteiger partial charge in [0.25, 0.3) is 5.88 Å². The van der Waals surface area contributed by atoms with E-state index in [1.54, 1.807) is 0 Å². The van der Waals surface area contributed by atoms with E-state index in [0.717, 1.165) is 5.56 Å². The van der Waals surface area contributed by atoms with Crippen molar-refractivity contribution in [1.82, 2.24) is 4.98 Å². The van der Waals surface area contributed by atoms with Crippen LogP contribution in [-0.2, 0) is 19.5 Å². The summed E-state index contributed by atoms with van der Waals surface area (Å²) in [5.41, 5.74) is 0.859. The molecule has 0 bridgehead atoms. The summed E-state index contributed by atoms with van der Waals surface area (Å²) in [7, 11) is 0. The summed E-state index contributed by atoms with van der Waals surface area (Å²) in [6.45, 7) is 0. The summed E-state index contributed by atoms with van der Waals surface area (Å²) in [5, 5.41) is 8.91. The Kier molecular flexibility index (Phi) is 3.21. The van der Waals surface area contributed by atoms with Gasteiger partial charge < -0.3 is 9.52 Å². The van der Waals surface area contributed by atoms with Gasteiger partial charge in [0, 0.05) is 25.0 Å². The van der Waals surface area contributed by atoms with Crippen molar-refractivity contribution in [1.29, 1.82) is 0 Å². The zero-order chi connectivity index (χ0) is 8.39. The Morgan fingerprint density at radius 1 is 1.15 bits per heavy atom. The third-order valence-electron chi connectivity index (χ3n) is 1.51. The standard InChI is InChI=1S/C9H7NO2.Zn/c11-8-6-12-9(10-8)7-4-2-1-3-5-7;/h1-6,11H;. The first-order chi connectivity index (χ1) is 5.86. The zero-order valence-electron chi connectivity index (χ0n) is 6.97. The molecule has 1 aromatic carbocycles. The molecule has 1 aromatic heterocycles. The molecule has 0 saturated heterocycles. The summed E-state index contributed by atoms with van der Waals surface area (Å²) >= 11 is 0. The van der Waals surface area contributed by atoms with Crippen LogP contribution in [0.4, 0.5) is 0 Å². The second kappa shape index (κ2) is 4.19. The van der Waals surface area contributed by atoms with E-state index in [1.807, 2.05) is 30.3 Å². The average Bonchev–Trinajstić information content (AvgIpc) is 2.54. The summed E-state index contributed by atoms with van der Waals surface area (Å²) in [5.74, 6) is 0.349. The molecule has 62 valence electrons. The number of hydrogen-bond donors (Lipinski definition) is 1. The fraction of sp³-hybridized carbons (Fsp3) is 0. The van der Waals surface area contributed by atoms with Gasteiger partial charge in [-0.25, -0.2) is 0 Å². The molecule has 0 amide bonds. The first-order valence-corrected chi connectivity index (χ1v) is 3.56. The van der Waals surface area contributed by atoms with Crippen LogP contribution in [0.25, 0.3) is 11.5 Å². The van der Waals surface area contributed by atoms with Gasteiger partial charge >= 0.3 is 0 Å². The van der Waals surface area contributed by atoms with Gasteiger partial charge in [0.2, 0.25) is 5.89 Å². The fourth-order valence-electron chi connectivity index (χ4n) is 0.979. The van der Waals surface area contributed by atoms with E-state index in [4.69, 9.17) is 9.52 Å². The maximum Gasteiger partial charge on any atom is 0.250 e. The van der Waals surface area contributed by atoms with Crippen molar-refractivity contribution in [2.75, 3.05) is 0 Å². The average molecular weight is 227 g/mol. The Morgan fingerprint density at radius 3 is 2.38 bits per heavy atom. The minimum Gasteiger partial charge on any atom is -0.491 e. The Labute approximate surface area is 88.2 Å². The second-order valence-corrected chi connectivity index (χ2v) is 2.38. The molecule has 0 aliphatic carbocycles. The smallest absolute Gasteiger partial charge is 0.250 e. The number of oxazole rings is 1. The van der Waals surface area contributed by atoms with E-state index in [9.17, 15) is 0 Å². The molecule has 0 unspecified atom stereocenters. The summed E-state index contributed by atoms with van der Waals surface area (Å²) in [4.78, 5) is 3.77. The largest absolute Gasteiger partial charge is 0.491 e. The predicted molar refractivity (Wildman–Crippen MR) is 43.6 cm³/mol. The number of hydrogen-bond acceptors (Lipinski definition) is 3. The van der Waals surface area contributed by atoms with Gasteiger partial charge in [0.1, 0.15) is 0 Å². The monoisotopic (exact) mass is 225 g/mol. The topological polar surface area (TPSA) is 46.3 Å². The molecule has 0 saturated carbocycles. The third kappa shape index (κ3) is 2.16. The number of aromatic nitrogens is 1. The van der Waals surface area contributed by atoms with E-state index >= 15 is 0 Å². The van der Waals surface area contributed by atoms with Crippen molar-refractivity contribution >= 4 is 0 Å². The molecule has 4 heteroatoms. The Balaban J connectivity index is 0.000000845. The van der Waals surface area contributed by atoms with Crippen molar-refractivity contribution < 1.29 is 29.0 Å². The van der Waals surface area contributed by atoms with Gasteiger partial charge in [-0.15, -0.1) is 0 Å². The summed E-state index contributed by atoms with van der Waals surface area (Å²) < 4.78 is 4.99. The fourth-order valence-corrected chi connectivity index (χ4v) is 0.979. The van der Waals surface area contributed by atoms with Crippen LogP contribution in [0.1, 0.15) is 0 Å². The zero-order valence-corrected chi connectivity index (χ0v) is 9.94. The van der Waals surface area contributed by atoms with Crippen molar-refractivity contribution in [3.8, 4) is 17.3 Å². The summed E-state index contributed by atoms with van der Waals surface area (Å²) in [6.07, 6.45) is 1.21. The van der Waals surface area contributed by atoms with Gasteiger partial charge in [-0.1, -0.05) is 18.2 Å².